The molecule has 12 aromatic rings. The molecular weight excluding hydrogens is 767 g/mol. The van der Waals surface area contributed by atoms with Crippen LogP contribution < -0.4 is 4.90 Å². The second kappa shape index (κ2) is 15.3. The maximum Gasteiger partial charge on any atom is 0.159 e. The average molecular weight is 806 g/mol. The van der Waals surface area contributed by atoms with E-state index in [2.05, 4.69) is 217 Å². The second-order valence-corrected chi connectivity index (χ2v) is 16.0. The molecule has 63 heavy (non-hydrogen) atoms. The van der Waals surface area contributed by atoms with E-state index >= 15 is 0 Å². The van der Waals surface area contributed by atoms with Gasteiger partial charge in [0.2, 0.25) is 0 Å². The number of anilines is 3. The number of benzene rings is 10. The SMILES string of the molecule is c1ccc(-c2ccccc2-c2ccccc2-c2ccccc2-c2ccc(N(c3cccc(-c4cccc5c4oc4ccccc45)c3)c3cccc4c3oc3ccccc34)cc2)cc1. The minimum absolute atomic E-state index is 0.838. The first-order valence-electron chi connectivity index (χ1n) is 21.4. The van der Waals surface area contributed by atoms with Crippen LogP contribution >= 0.6 is 0 Å². The van der Waals surface area contributed by atoms with E-state index in [9.17, 15) is 0 Å². The van der Waals surface area contributed by atoms with E-state index < -0.39 is 0 Å². The molecule has 0 bridgehead atoms. The van der Waals surface area contributed by atoms with E-state index in [0.29, 0.717) is 0 Å². The van der Waals surface area contributed by atoms with Gasteiger partial charge in [0.15, 0.2) is 5.58 Å². The number of rotatable bonds is 8. The van der Waals surface area contributed by atoms with Crippen molar-refractivity contribution in [2.24, 2.45) is 0 Å². The number of hydrogen-bond donors (Lipinski definition) is 0. The van der Waals surface area contributed by atoms with Gasteiger partial charge in [0.1, 0.15) is 16.7 Å². The molecule has 0 saturated carbocycles. The highest BCUT2D eigenvalue weighted by atomic mass is 16.3. The maximum absolute atomic E-state index is 6.70. The summed E-state index contributed by atoms with van der Waals surface area (Å²) in [7, 11) is 0. The third kappa shape index (κ3) is 6.29. The minimum Gasteiger partial charge on any atom is -0.455 e. The fourth-order valence-electron chi connectivity index (χ4n) is 9.42. The van der Waals surface area contributed by atoms with Crippen molar-refractivity contribution >= 4 is 60.9 Å². The van der Waals surface area contributed by atoms with Crippen LogP contribution in [0.5, 0.6) is 0 Å². The first kappa shape index (κ1) is 36.5. The molecule has 3 heteroatoms. The zero-order valence-corrected chi connectivity index (χ0v) is 34.3. The fraction of sp³-hybridized carbons (Fsp3) is 0. The molecule has 0 N–H and O–H groups in total. The van der Waals surface area contributed by atoms with Gasteiger partial charge in [-0.15, -0.1) is 0 Å². The quantitative estimate of drug-likeness (QED) is 0.153. The Morgan fingerprint density at radius 1 is 0.254 bits per heavy atom. The third-order valence-corrected chi connectivity index (χ3v) is 12.3. The average Bonchev–Trinajstić information content (AvgIpc) is 3.94. The van der Waals surface area contributed by atoms with Crippen LogP contribution in [0.2, 0.25) is 0 Å². The molecule has 0 fully saturated rings. The van der Waals surface area contributed by atoms with Crippen LogP contribution in [0.15, 0.2) is 245 Å². The van der Waals surface area contributed by atoms with E-state index in [4.69, 9.17) is 8.83 Å². The lowest BCUT2D eigenvalue weighted by Gasteiger charge is -2.26. The zero-order chi connectivity index (χ0) is 41.7. The van der Waals surface area contributed by atoms with E-state index in [-0.39, 0.29) is 0 Å². The number of para-hydroxylation sites is 4. The largest absolute Gasteiger partial charge is 0.455 e. The van der Waals surface area contributed by atoms with Gasteiger partial charge in [0.05, 0.1) is 5.69 Å². The van der Waals surface area contributed by atoms with Crippen LogP contribution in [0.25, 0.3) is 99.5 Å². The summed E-state index contributed by atoms with van der Waals surface area (Å²) in [5.74, 6) is 0. The van der Waals surface area contributed by atoms with E-state index in [0.717, 1.165) is 77.6 Å². The molecule has 0 spiro atoms. The van der Waals surface area contributed by atoms with Gasteiger partial charge in [-0.2, -0.15) is 0 Å². The second-order valence-electron chi connectivity index (χ2n) is 16.0. The Kier molecular flexibility index (Phi) is 8.83. The highest BCUT2D eigenvalue weighted by Gasteiger charge is 2.22. The summed E-state index contributed by atoms with van der Waals surface area (Å²) in [5, 5.41) is 4.40. The predicted molar refractivity (Wildman–Crippen MR) is 263 cm³/mol. The summed E-state index contributed by atoms with van der Waals surface area (Å²) < 4.78 is 13.2. The predicted octanol–water partition coefficient (Wildman–Crippen LogP) is 17.3. The molecule has 296 valence electrons. The molecule has 2 aromatic heterocycles. The number of nitrogens with zero attached hydrogens (tertiary/aromatic N) is 1. The Balaban J connectivity index is 0.995. The Labute approximate surface area is 365 Å². The summed E-state index contributed by atoms with van der Waals surface area (Å²) in [6.07, 6.45) is 0. The van der Waals surface area contributed by atoms with Crippen LogP contribution in [0.4, 0.5) is 17.1 Å². The summed E-state index contributed by atoms with van der Waals surface area (Å²) in [5.41, 5.74) is 18.1. The molecule has 0 radical (unpaired) electrons. The molecule has 0 saturated heterocycles. The lowest BCUT2D eigenvalue weighted by atomic mass is 9.87. The van der Waals surface area contributed by atoms with Crippen molar-refractivity contribution in [3.8, 4) is 55.6 Å². The first-order valence-corrected chi connectivity index (χ1v) is 21.4. The van der Waals surface area contributed by atoms with Crippen molar-refractivity contribution in [3.63, 3.8) is 0 Å². The monoisotopic (exact) mass is 805 g/mol. The Morgan fingerprint density at radius 2 is 0.683 bits per heavy atom. The van der Waals surface area contributed by atoms with Gasteiger partial charge in [0.25, 0.3) is 0 Å². The van der Waals surface area contributed by atoms with E-state index in [1.54, 1.807) is 0 Å². The highest BCUT2D eigenvalue weighted by Crippen LogP contribution is 2.46. The molecule has 0 aliphatic carbocycles. The van der Waals surface area contributed by atoms with Crippen molar-refractivity contribution in [2.75, 3.05) is 4.90 Å². The maximum atomic E-state index is 6.70. The van der Waals surface area contributed by atoms with Crippen LogP contribution in [0.1, 0.15) is 0 Å². The fourth-order valence-corrected chi connectivity index (χ4v) is 9.42. The standard InChI is InChI=1S/C60H39NO2/c1-2-17-40(18-3-1)45-21-4-6-23-48(45)50-25-8-9-26-51(50)49-24-7-5-22-46(49)41-35-37-43(38-36-41)61(56-32-16-31-55-53-28-11-13-34-58(53)63-60(55)56)44-20-14-19-42(39-44)47-29-15-30-54-52-27-10-12-33-57(52)62-59(47)54/h1-39H. The van der Waals surface area contributed by atoms with Gasteiger partial charge in [-0.1, -0.05) is 194 Å². The van der Waals surface area contributed by atoms with Crippen molar-refractivity contribution in [2.45, 2.75) is 0 Å². The molecule has 2 heterocycles. The van der Waals surface area contributed by atoms with Crippen LogP contribution in [-0.2, 0) is 0 Å². The van der Waals surface area contributed by atoms with Crippen LogP contribution in [0, 0.1) is 0 Å². The van der Waals surface area contributed by atoms with Gasteiger partial charge >= 0.3 is 0 Å². The summed E-state index contributed by atoms with van der Waals surface area (Å²) in [6.45, 7) is 0. The zero-order valence-electron chi connectivity index (χ0n) is 34.3. The van der Waals surface area contributed by atoms with Crippen molar-refractivity contribution in [3.05, 3.63) is 237 Å². The number of fused-ring (bicyclic) bond motifs is 6. The van der Waals surface area contributed by atoms with Gasteiger partial charge in [0, 0.05) is 38.5 Å². The van der Waals surface area contributed by atoms with Crippen molar-refractivity contribution in [1.29, 1.82) is 0 Å². The molecule has 0 aliphatic rings. The van der Waals surface area contributed by atoms with Crippen LogP contribution in [-0.4, -0.2) is 0 Å². The van der Waals surface area contributed by atoms with Crippen LogP contribution in [0.3, 0.4) is 0 Å². The molecule has 3 nitrogen and oxygen atoms in total. The molecule has 0 amide bonds. The highest BCUT2D eigenvalue weighted by molar-refractivity contribution is 6.11. The molecule has 0 atom stereocenters. The third-order valence-electron chi connectivity index (χ3n) is 12.3. The van der Waals surface area contributed by atoms with Gasteiger partial charge < -0.3 is 13.7 Å². The Bertz CT molecular complexity index is 3630. The summed E-state index contributed by atoms with van der Waals surface area (Å²) in [4.78, 5) is 2.32. The summed E-state index contributed by atoms with van der Waals surface area (Å²) >= 11 is 0. The normalized spacial score (nSPS) is 11.5. The van der Waals surface area contributed by atoms with E-state index in [1.807, 2.05) is 24.3 Å². The molecule has 0 aliphatic heterocycles. The van der Waals surface area contributed by atoms with Gasteiger partial charge in [-0.05, 0) is 92.5 Å². The smallest absolute Gasteiger partial charge is 0.159 e. The number of hydrogen-bond acceptors (Lipinski definition) is 3. The Hall–Kier alpha value is -8.40. The van der Waals surface area contributed by atoms with Gasteiger partial charge in [-0.3, -0.25) is 0 Å². The Morgan fingerprint density at radius 3 is 1.32 bits per heavy atom. The molecule has 12 rings (SSSR count). The molecular formula is C60H39NO2. The minimum atomic E-state index is 0.838. The lowest BCUT2D eigenvalue weighted by molar-refractivity contribution is 0.669. The molecule has 0 unspecified atom stereocenters. The summed E-state index contributed by atoms with van der Waals surface area (Å²) in [6, 6.07) is 84.0. The van der Waals surface area contributed by atoms with Crippen molar-refractivity contribution < 1.29 is 8.83 Å². The van der Waals surface area contributed by atoms with E-state index in [1.165, 1.54) is 38.9 Å². The lowest BCUT2D eigenvalue weighted by Crippen LogP contribution is -2.10. The number of furan rings is 2. The van der Waals surface area contributed by atoms with Gasteiger partial charge in [-0.25, -0.2) is 0 Å². The topological polar surface area (TPSA) is 29.5 Å². The first-order chi connectivity index (χ1) is 31.3. The molecule has 10 aromatic carbocycles. The van der Waals surface area contributed by atoms with Crippen molar-refractivity contribution in [1.82, 2.24) is 0 Å².